The van der Waals surface area contributed by atoms with Crippen LogP contribution in [0.5, 0.6) is 0 Å². The summed E-state index contributed by atoms with van der Waals surface area (Å²) in [5.41, 5.74) is 1.42. The summed E-state index contributed by atoms with van der Waals surface area (Å²) in [5, 5.41) is 13.0. The molecule has 128 valence electrons. The van der Waals surface area contributed by atoms with Gasteiger partial charge < -0.3 is 15.4 Å². The summed E-state index contributed by atoms with van der Waals surface area (Å²) in [7, 11) is 0. The summed E-state index contributed by atoms with van der Waals surface area (Å²) < 4.78 is 0. The molecule has 1 unspecified atom stereocenters. The Morgan fingerprint density at radius 1 is 1.35 bits per heavy atom. The van der Waals surface area contributed by atoms with Crippen LogP contribution in [-0.2, 0) is 12.8 Å². The van der Waals surface area contributed by atoms with Crippen molar-refractivity contribution in [3.05, 3.63) is 33.2 Å². The number of amides is 1. The third kappa shape index (κ3) is 4.02. The third-order valence-electron chi connectivity index (χ3n) is 4.72. The van der Waals surface area contributed by atoms with Crippen LogP contribution in [0.1, 0.15) is 62.2 Å². The molecule has 1 atom stereocenters. The highest BCUT2D eigenvalue weighted by Crippen LogP contribution is 2.25. The molecular weight excluding hydrogens is 292 g/mol. The number of aliphatic hydroxyl groups is 1. The summed E-state index contributed by atoms with van der Waals surface area (Å²) in [6, 6.07) is 1.73. The van der Waals surface area contributed by atoms with Crippen molar-refractivity contribution in [3.63, 3.8) is 0 Å². The van der Waals surface area contributed by atoms with Gasteiger partial charge in [0, 0.05) is 17.7 Å². The van der Waals surface area contributed by atoms with Crippen molar-refractivity contribution >= 4 is 5.91 Å². The average molecular weight is 320 g/mol. The first-order valence-corrected chi connectivity index (χ1v) is 8.43. The highest BCUT2D eigenvalue weighted by molar-refractivity contribution is 5.94. The van der Waals surface area contributed by atoms with E-state index in [0.29, 0.717) is 6.54 Å². The molecule has 5 heteroatoms. The summed E-state index contributed by atoms with van der Waals surface area (Å²) >= 11 is 0. The monoisotopic (exact) mass is 320 g/mol. The zero-order chi connectivity index (χ0) is 17.2. The van der Waals surface area contributed by atoms with Gasteiger partial charge in [-0.2, -0.15) is 0 Å². The molecule has 0 spiro atoms. The maximum Gasteiger partial charge on any atom is 0.261 e. The third-order valence-corrected chi connectivity index (χ3v) is 4.72. The van der Waals surface area contributed by atoms with Crippen molar-refractivity contribution in [2.45, 2.75) is 59.5 Å². The highest BCUT2D eigenvalue weighted by atomic mass is 16.3. The van der Waals surface area contributed by atoms with E-state index in [4.69, 9.17) is 0 Å². The van der Waals surface area contributed by atoms with Crippen molar-refractivity contribution in [2.24, 2.45) is 11.3 Å². The van der Waals surface area contributed by atoms with Crippen LogP contribution in [0.3, 0.4) is 0 Å². The van der Waals surface area contributed by atoms with Crippen LogP contribution in [0.25, 0.3) is 0 Å². The lowest BCUT2D eigenvalue weighted by atomic mass is 9.80. The van der Waals surface area contributed by atoms with E-state index < -0.39 is 11.5 Å². The predicted octanol–water partition coefficient (Wildman–Crippen LogP) is 2.03. The van der Waals surface area contributed by atoms with E-state index in [0.717, 1.165) is 36.9 Å². The molecule has 0 aliphatic heterocycles. The molecule has 23 heavy (non-hydrogen) atoms. The molecule has 0 radical (unpaired) electrons. The van der Waals surface area contributed by atoms with Gasteiger partial charge in [0.05, 0.1) is 6.10 Å². The quantitative estimate of drug-likeness (QED) is 0.776. The lowest BCUT2D eigenvalue weighted by Crippen LogP contribution is -2.44. The molecule has 1 aliphatic carbocycles. The number of aryl methyl sites for hydroxylation is 2. The Morgan fingerprint density at radius 2 is 2.00 bits per heavy atom. The zero-order valence-electron chi connectivity index (χ0n) is 14.5. The van der Waals surface area contributed by atoms with E-state index in [1.54, 1.807) is 6.07 Å². The molecule has 3 N–H and O–H groups in total. The number of fused-ring (bicyclic) bond motifs is 1. The van der Waals surface area contributed by atoms with Crippen LogP contribution in [-0.4, -0.2) is 28.6 Å². The molecule has 0 fully saturated rings. The fraction of sp³-hybridized carbons (Fsp3) is 0.667. The van der Waals surface area contributed by atoms with E-state index in [2.05, 4.69) is 10.3 Å². The highest BCUT2D eigenvalue weighted by Gasteiger charge is 2.31. The van der Waals surface area contributed by atoms with E-state index in [9.17, 15) is 14.7 Å². The van der Waals surface area contributed by atoms with Gasteiger partial charge in [-0.05, 0) is 43.2 Å². The number of hydrogen-bond acceptors (Lipinski definition) is 3. The SMILES string of the molecule is CC(C)C(O)C(C)(C)CNC(=O)c1cc2c([nH]c1=O)CCCC2. The number of aromatic amines is 1. The molecule has 0 bridgehead atoms. The van der Waals surface area contributed by atoms with Crippen LogP contribution < -0.4 is 10.9 Å². The lowest BCUT2D eigenvalue weighted by Gasteiger charge is -2.33. The van der Waals surface area contributed by atoms with Crippen LogP contribution in [0.15, 0.2) is 10.9 Å². The fourth-order valence-electron chi connectivity index (χ4n) is 3.25. The minimum atomic E-state index is -0.524. The van der Waals surface area contributed by atoms with Gasteiger partial charge in [-0.1, -0.05) is 27.7 Å². The number of carbonyl (C=O) groups is 1. The maximum atomic E-state index is 12.4. The van der Waals surface area contributed by atoms with Crippen LogP contribution >= 0.6 is 0 Å². The Bertz CT molecular complexity index is 632. The number of rotatable bonds is 5. The first-order chi connectivity index (χ1) is 10.7. The van der Waals surface area contributed by atoms with Crippen LogP contribution in [0.2, 0.25) is 0 Å². The van der Waals surface area contributed by atoms with Gasteiger partial charge >= 0.3 is 0 Å². The van der Waals surface area contributed by atoms with Gasteiger partial charge in [-0.25, -0.2) is 0 Å². The first-order valence-electron chi connectivity index (χ1n) is 8.43. The Balaban J connectivity index is 2.11. The van der Waals surface area contributed by atoms with Crippen molar-refractivity contribution in [1.29, 1.82) is 0 Å². The summed E-state index contributed by atoms with van der Waals surface area (Å²) in [6.07, 6.45) is 3.43. The van der Waals surface area contributed by atoms with E-state index in [1.165, 1.54) is 0 Å². The molecule has 0 saturated heterocycles. The second kappa shape index (κ2) is 6.87. The second-order valence-corrected chi connectivity index (χ2v) is 7.58. The standard InChI is InChI=1S/C18H28N2O3/c1-11(2)15(21)18(3,4)10-19-16(22)13-9-12-7-5-6-8-14(12)20-17(13)23/h9,11,15,21H,5-8,10H2,1-4H3,(H,19,22)(H,20,23). The fourth-order valence-corrected chi connectivity index (χ4v) is 3.25. The Labute approximate surface area is 137 Å². The molecule has 0 saturated carbocycles. The Morgan fingerprint density at radius 3 is 2.65 bits per heavy atom. The topological polar surface area (TPSA) is 82.2 Å². The molecule has 1 aromatic heterocycles. The average Bonchev–Trinajstić information content (AvgIpc) is 2.51. The van der Waals surface area contributed by atoms with E-state index in [1.807, 2.05) is 27.7 Å². The largest absolute Gasteiger partial charge is 0.392 e. The smallest absolute Gasteiger partial charge is 0.261 e. The molecule has 0 aromatic carbocycles. The minimum absolute atomic E-state index is 0.106. The lowest BCUT2D eigenvalue weighted by molar-refractivity contribution is 0.0138. The molecular formula is C18H28N2O3. The maximum absolute atomic E-state index is 12.4. The van der Waals surface area contributed by atoms with Gasteiger partial charge in [-0.3, -0.25) is 9.59 Å². The second-order valence-electron chi connectivity index (χ2n) is 7.58. The summed E-state index contributed by atoms with van der Waals surface area (Å²) in [6.45, 7) is 8.04. The molecule has 1 aromatic rings. The molecule has 5 nitrogen and oxygen atoms in total. The van der Waals surface area contributed by atoms with Gasteiger partial charge in [0.2, 0.25) is 0 Å². The zero-order valence-corrected chi connectivity index (χ0v) is 14.5. The number of nitrogens with one attached hydrogen (secondary N) is 2. The van der Waals surface area contributed by atoms with Gasteiger partial charge in [0.1, 0.15) is 5.56 Å². The molecule has 2 rings (SSSR count). The number of pyridine rings is 1. The normalized spacial score (nSPS) is 16.1. The Hall–Kier alpha value is -1.62. The van der Waals surface area contributed by atoms with Crippen LogP contribution in [0, 0.1) is 11.3 Å². The van der Waals surface area contributed by atoms with Gasteiger partial charge in [0.25, 0.3) is 11.5 Å². The van der Waals surface area contributed by atoms with E-state index >= 15 is 0 Å². The first kappa shape index (κ1) is 17.7. The van der Waals surface area contributed by atoms with Crippen molar-refractivity contribution in [1.82, 2.24) is 10.3 Å². The van der Waals surface area contributed by atoms with Crippen LogP contribution in [0.4, 0.5) is 0 Å². The minimum Gasteiger partial charge on any atom is -0.392 e. The van der Waals surface area contributed by atoms with Crippen molar-refractivity contribution < 1.29 is 9.90 Å². The van der Waals surface area contributed by atoms with Gasteiger partial charge in [-0.15, -0.1) is 0 Å². The van der Waals surface area contributed by atoms with Gasteiger partial charge in [0.15, 0.2) is 0 Å². The van der Waals surface area contributed by atoms with Crippen molar-refractivity contribution in [3.8, 4) is 0 Å². The number of hydrogen-bond donors (Lipinski definition) is 3. The molecule has 1 amide bonds. The Kier molecular flexibility index (Phi) is 5.30. The predicted molar refractivity (Wildman–Crippen MR) is 90.7 cm³/mol. The molecule has 1 aliphatic rings. The van der Waals surface area contributed by atoms with E-state index in [-0.39, 0.29) is 22.9 Å². The number of carbonyl (C=O) groups excluding carboxylic acids is 1. The molecule has 1 heterocycles. The van der Waals surface area contributed by atoms with Crippen molar-refractivity contribution in [2.75, 3.05) is 6.54 Å². The summed E-state index contributed by atoms with van der Waals surface area (Å²) in [5.74, 6) is -0.266. The number of aliphatic hydroxyl groups excluding tert-OH is 1. The summed E-state index contributed by atoms with van der Waals surface area (Å²) in [4.78, 5) is 27.4. The number of H-pyrrole nitrogens is 1. The number of aromatic nitrogens is 1.